The van der Waals surface area contributed by atoms with Crippen LogP contribution in [-0.2, 0) is 22.5 Å². The lowest BCUT2D eigenvalue weighted by atomic mass is 10.1. The molecule has 158 valence electrons. The molecular weight excluding hydrogens is 406 g/mol. The van der Waals surface area contributed by atoms with Gasteiger partial charge in [0, 0.05) is 19.4 Å². The van der Waals surface area contributed by atoms with Crippen molar-refractivity contribution in [1.82, 2.24) is 9.55 Å². The predicted octanol–water partition coefficient (Wildman–Crippen LogP) is 2.42. The second-order valence-corrected chi connectivity index (χ2v) is 7.79. The SMILES string of the molecule is COC(=O)CCCn1c(Cc2ccc(OC)cc2)nc2sc(C(N)=O)c(C)c2c1=O. The Morgan fingerprint density at radius 3 is 2.50 bits per heavy atom. The fourth-order valence-corrected chi connectivity index (χ4v) is 4.31. The number of hydrogen-bond acceptors (Lipinski definition) is 7. The molecule has 0 aliphatic heterocycles. The molecule has 2 heterocycles. The smallest absolute Gasteiger partial charge is 0.305 e. The highest BCUT2D eigenvalue weighted by molar-refractivity contribution is 7.20. The minimum atomic E-state index is -0.580. The molecule has 0 saturated carbocycles. The summed E-state index contributed by atoms with van der Waals surface area (Å²) in [4.78, 5) is 42.0. The van der Waals surface area contributed by atoms with Crippen molar-refractivity contribution in [2.24, 2.45) is 5.73 Å². The molecule has 2 N–H and O–H groups in total. The van der Waals surface area contributed by atoms with E-state index in [1.165, 1.54) is 7.11 Å². The molecular formula is C21H23N3O5S. The van der Waals surface area contributed by atoms with Crippen LogP contribution in [0.3, 0.4) is 0 Å². The second-order valence-electron chi connectivity index (χ2n) is 6.79. The van der Waals surface area contributed by atoms with Gasteiger partial charge in [-0.15, -0.1) is 11.3 Å². The molecule has 0 bridgehead atoms. The van der Waals surface area contributed by atoms with Crippen molar-refractivity contribution in [1.29, 1.82) is 0 Å². The quantitative estimate of drug-likeness (QED) is 0.550. The summed E-state index contributed by atoms with van der Waals surface area (Å²) in [6.07, 6.45) is 1.04. The van der Waals surface area contributed by atoms with E-state index in [2.05, 4.69) is 9.72 Å². The molecule has 0 atom stereocenters. The van der Waals surface area contributed by atoms with Crippen molar-refractivity contribution in [2.75, 3.05) is 14.2 Å². The standard InChI is InChI=1S/C21H23N3O5S/c1-12-17-20(30-18(12)19(22)26)23-15(11-13-6-8-14(28-2)9-7-13)24(21(17)27)10-4-5-16(25)29-3/h6-9H,4-5,10-11H2,1-3H3,(H2,22,26). The number of aryl methyl sites for hydroxylation is 1. The molecule has 0 spiro atoms. The number of ether oxygens (including phenoxy) is 2. The van der Waals surface area contributed by atoms with Gasteiger partial charge in [-0.25, -0.2) is 4.98 Å². The van der Waals surface area contributed by atoms with Crippen LogP contribution in [0.5, 0.6) is 5.75 Å². The molecule has 0 aliphatic carbocycles. The fourth-order valence-electron chi connectivity index (χ4n) is 3.27. The number of methoxy groups -OCH3 is 2. The summed E-state index contributed by atoms with van der Waals surface area (Å²) in [7, 11) is 2.93. The van der Waals surface area contributed by atoms with Crippen molar-refractivity contribution >= 4 is 33.4 Å². The summed E-state index contributed by atoms with van der Waals surface area (Å²) in [5.74, 6) is 0.373. The third kappa shape index (κ3) is 4.35. The maximum Gasteiger partial charge on any atom is 0.305 e. The molecule has 1 aromatic carbocycles. The van der Waals surface area contributed by atoms with Gasteiger partial charge in [-0.05, 0) is 36.6 Å². The van der Waals surface area contributed by atoms with Crippen LogP contribution >= 0.6 is 11.3 Å². The van der Waals surface area contributed by atoms with E-state index in [9.17, 15) is 14.4 Å². The van der Waals surface area contributed by atoms with Crippen LogP contribution in [0.4, 0.5) is 0 Å². The van der Waals surface area contributed by atoms with Gasteiger partial charge in [0.1, 0.15) is 16.4 Å². The molecule has 0 saturated heterocycles. The maximum atomic E-state index is 13.3. The largest absolute Gasteiger partial charge is 0.497 e. The average Bonchev–Trinajstić information content (AvgIpc) is 3.07. The second kappa shape index (κ2) is 9.08. The van der Waals surface area contributed by atoms with E-state index in [1.807, 2.05) is 24.3 Å². The van der Waals surface area contributed by atoms with Gasteiger partial charge in [0.2, 0.25) is 0 Å². The number of fused-ring (bicyclic) bond motifs is 1. The van der Waals surface area contributed by atoms with Gasteiger partial charge in [0.15, 0.2) is 0 Å². The fraction of sp³-hybridized carbons (Fsp3) is 0.333. The van der Waals surface area contributed by atoms with Crippen LogP contribution in [0.15, 0.2) is 29.1 Å². The number of amides is 1. The number of nitrogens with two attached hydrogens (primary N) is 1. The number of carbonyl (C=O) groups excluding carboxylic acids is 2. The molecule has 0 fully saturated rings. The Kier molecular flexibility index (Phi) is 6.51. The number of primary amides is 1. The summed E-state index contributed by atoms with van der Waals surface area (Å²) >= 11 is 1.12. The van der Waals surface area contributed by atoms with E-state index >= 15 is 0 Å². The van der Waals surface area contributed by atoms with E-state index in [1.54, 1.807) is 18.6 Å². The molecule has 3 rings (SSSR count). The third-order valence-electron chi connectivity index (χ3n) is 4.86. The van der Waals surface area contributed by atoms with Gasteiger partial charge in [0.05, 0.1) is 24.5 Å². The molecule has 0 aliphatic rings. The Morgan fingerprint density at radius 2 is 1.90 bits per heavy atom. The highest BCUT2D eigenvalue weighted by atomic mass is 32.1. The normalized spacial score (nSPS) is 10.9. The summed E-state index contributed by atoms with van der Waals surface area (Å²) in [6, 6.07) is 7.49. The van der Waals surface area contributed by atoms with Crippen molar-refractivity contribution in [3.8, 4) is 5.75 Å². The number of hydrogen-bond donors (Lipinski definition) is 1. The first-order valence-electron chi connectivity index (χ1n) is 9.38. The molecule has 30 heavy (non-hydrogen) atoms. The molecule has 1 amide bonds. The number of aromatic nitrogens is 2. The van der Waals surface area contributed by atoms with Crippen molar-refractivity contribution in [2.45, 2.75) is 32.7 Å². The zero-order chi connectivity index (χ0) is 21.8. The van der Waals surface area contributed by atoms with Crippen LogP contribution in [0.25, 0.3) is 10.2 Å². The Hall–Kier alpha value is -3.20. The first-order valence-corrected chi connectivity index (χ1v) is 10.2. The first-order chi connectivity index (χ1) is 14.3. The average molecular weight is 429 g/mol. The topological polar surface area (TPSA) is 114 Å². The highest BCUT2D eigenvalue weighted by Crippen LogP contribution is 2.27. The van der Waals surface area contributed by atoms with Gasteiger partial charge in [0.25, 0.3) is 11.5 Å². The van der Waals surface area contributed by atoms with Crippen LogP contribution in [-0.4, -0.2) is 35.6 Å². The monoisotopic (exact) mass is 429 g/mol. The highest BCUT2D eigenvalue weighted by Gasteiger charge is 2.20. The number of esters is 1. The van der Waals surface area contributed by atoms with Crippen LogP contribution in [0, 0.1) is 6.92 Å². The van der Waals surface area contributed by atoms with Crippen molar-refractivity contribution in [3.63, 3.8) is 0 Å². The zero-order valence-corrected chi connectivity index (χ0v) is 17.9. The number of nitrogens with zero attached hydrogens (tertiary/aromatic N) is 2. The summed E-state index contributed by atoms with van der Waals surface area (Å²) < 4.78 is 11.4. The lowest BCUT2D eigenvalue weighted by Gasteiger charge is -2.13. The Morgan fingerprint density at radius 1 is 1.20 bits per heavy atom. The van der Waals surface area contributed by atoms with Crippen molar-refractivity contribution < 1.29 is 19.1 Å². The number of benzene rings is 1. The van der Waals surface area contributed by atoms with E-state index in [4.69, 9.17) is 10.5 Å². The Labute approximate surface area is 177 Å². The summed E-state index contributed by atoms with van der Waals surface area (Å²) in [5, 5.41) is 0.394. The molecule has 0 radical (unpaired) electrons. The molecule has 9 heteroatoms. The van der Waals surface area contributed by atoms with Gasteiger partial charge in [-0.3, -0.25) is 19.0 Å². The molecule has 8 nitrogen and oxygen atoms in total. The summed E-state index contributed by atoms with van der Waals surface area (Å²) in [5.41, 5.74) is 6.71. The molecule has 2 aromatic heterocycles. The number of rotatable bonds is 8. The predicted molar refractivity (Wildman–Crippen MR) is 114 cm³/mol. The van der Waals surface area contributed by atoms with E-state index in [0.29, 0.717) is 45.9 Å². The maximum absolute atomic E-state index is 13.3. The zero-order valence-electron chi connectivity index (χ0n) is 17.1. The van der Waals surface area contributed by atoms with Gasteiger partial charge in [-0.2, -0.15) is 0 Å². The molecule has 0 unspecified atom stereocenters. The van der Waals surface area contributed by atoms with Gasteiger partial charge >= 0.3 is 5.97 Å². The van der Waals surface area contributed by atoms with Gasteiger partial charge in [-0.1, -0.05) is 12.1 Å². The number of thiophene rings is 1. The van der Waals surface area contributed by atoms with E-state index in [0.717, 1.165) is 22.6 Å². The first kappa shape index (κ1) is 21.5. The van der Waals surface area contributed by atoms with E-state index in [-0.39, 0.29) is 17.9 Å². The number of carbonyl (C=O) groups is 2. The Bertz CT molecular complexity index is 1150. The van der Waals surface area contributed by atoms with Crippen LogP contribution in [0.2, 0.25) is 0 Å². The van der Waals surface area contributed by atoms with Crippen LogP contribution in [0.1, 0.15) is 39.5 Å². The minimum Gasteiger partial charge on any atom is -0.497 e. The van der Waals surface area contributed by atoms with Gasteiger partial charge < -0.3 is 15.2 Å². The summed E-state index contributed by atoms with van der Waals surface area (Å²) in [6.45, 7) is 2.01. The lowest BCUT2D eigenvalue weighted by Crippen LogP contribution is -2.26. The third-order valence-corrected chi connectivity index (χ3v) is 6.07. The lowest BCUT2D eigenvalue weighted by molar-refractivity contribution is -0.140. The minimum absolute atomic E-state index is 0.193. The van der Waals surface area contributed by atoms with Crippen molar-refractivity contribution in [3.05, 3.63) is 56.4 Å². The molecule has 3 aromatic rings. The Balaban J connectivity index is 2.06. The van der Waals surface area contributed by atoms with E-state index < -0.39 is 5.91 Å². The van der Waals surface area contributed by atoms with Crippen LogP contribution < -0.4 is 16.0 Å².